The molecule has 0 amide bonds. The Morgan fingerprint density at radius 2 is 2.14 bits per heavy atom. The first-order valence-corrected chi connectivity index (χ1v) is 6.67. The number of benzene rings is 1. The Morgan fingerprint density at radius 1 is 1.38 bits per heavy atom. The summed E-state index contributed by atoms with van der Waals surface area (Å²) < 4.78 is 5.36. The molecule has 0 aliphatic carbocycles. The van der Waals surface area contributed by atoms with Crippen molar-refractivity contribution in [3.8, 4) is 5.75 Å². The lowest BCUT2D eigenvalue weighted by Gasteiger charge is -2.18. The SMILES string of the molecule is CCC[C@@H](CO)Nc1nc(N)nc2cccc(OC)c12.S. The van der Waals surface area contributed by atoms with Crippen molar-refractivity contribution in [2.24, 2.45) is 0 Å². The number of ether oxygens (including phenoxy) is 1. The number of aliphatic hydroxyl groups excluding tert-OH is 1. The molecule has 2 rings (SSSR count). The van der Waals surface area contributed by atoms with E-state index in [4.69, 9.17) is 10.5 Å². The quantitative estimate of drug-likeness (QED) is 0.754. The normalized spacial score (nSPS) is 11.8. The van der Waals surface area contributed by atoms with Crippen LogP contribution in [0.2, 0.25) is 0 Å². The maximum Gasteiger partial charge on any atom is 0.222 e. The van der Waals surface area contributed by atoms with Crippen molar-refractivity contribution in [3.63, 3.8) is 0 Å². The number of nitrogens with two attached hydrogens (primary N) is 1. The second-order valence-electron chi connectivity index (χ2n) is 4.60. The maximum atomic E-state index is 9.42. The highest BCUT2D eigenvalue weighted by atomic mass is 32.1. The van der Waals surface area contributed by atoms with E-state index in [0.717, 1.165) is 18.2 Å². The standard InChI is InChI=1S/C14H20N4O2.H2S/c1-3-5-9(8-19)16-13-12-10(17-14(15)18-13)6-4-7-11(12)20-2;/h4,6-7,9,19H,3,5,8H2,1-2H3,(H3,15,16,17,18);1H2/t9-;/m0./s1. The van der Waals surface area contributed by atoms with Gasteiger partial charge in [0.2, 0.25) is 5.95 Å². The summed E-state index contributed by atoms with van der Waals surface area (Å²) in [6.07, 6.45) is 1.81. The predicted molar refractivity (Wildman–Crippen MR) is 90.3 cm³/mol. The molecule has 1 aromatic heterocycles. The second kappa shape index (κ2) is 7.90. The van der Waals surface area contributed by atoms with E-state index in [1.807, 2.05) is 18.2 Å². The first-order chi connectivity index (χ1) is 9.69. The third kappa shape index (κ3) is 3.89. The molecule has 4 N–H and O–H groups in total. The highest BCUT2D eigenvalue weighted by Crippen LogP contribution is 2.31. The van der Waals surface area contributed by atoms with Gasteiger partial charge in [0.25, 0.3) is 0 Å². The lowest BCUT2D eigenvalue weighted by molar-refractivity contribution is 0.268. The average Bonchev–Trinajstić information content (AvgIpc) is 2.45. The molecule has 1 heterocycles. The number of anilines is 2. The molecule has 0 radical (unpaired) electrons. The number of rotatable bonds is 6. The maximum absolute atomic E-state index is 9.42. The Balaban J connectivity index is 0.00000220. The van der Waals surface area contributed by atoms with Crippen LogP contribution in [-0.2, 0) is 0 Å². The molecular weight excluding hydrogens is 288 g/mol. The van der Waals surface area contributed by atoms with E-state index in [1.54, 1.807) is 7.11 Å². The molecule has 6 nitrogen and oxygen atoms in total. The van der Waals surface area contributed by atoms with Gasteiger partial charge < -0.3 is 20.9 Å². The van der Waals surface area contributed by atoms with E-state index in [-0.39, 0.29) is 32.1 Å². The van der Waals surface area contributed by atoms with Gasteiger partial charge in [-0.15, -0.1) is 0 Å². The molecule has 0 aliphatic heterocycles. The van der Waals surface area contributed by atoms with Gasteiger partial charge >= 0.3 is 0 Å². The number of nitrogen functional groups attached to an aromatic ring is 1. The monoisotopic (exact) mass is 310 g/mol. The van der Waals surface area contributed by atoms with E-state index in [1.165, 1.54) is 0 Å². The minimum atomic E-state index is -0.0672. The van der Waals surface area contributed by atoms with E-state index < -0.39 is 0 Å². The number of methoxy groups -OCH3 is 1. The highest BCUT2D eigenvalue weighted by Gasteiger charge is 2.14. The van der Waals surface area contributed by atoms with Gasteiger partial charge in [0.05, 0.1) is 30.7 Å². The van der Waals surface area contributed by atoms with Crippen molar-refractivity contribution in [3.05, 3.63) is 18.2 Å². The Morgan fingerprint density at radius 3 is 2.76 bits per heavy atom. The van der Waals surface area contributed by atoms with Crippen LogP contribution < -0.4 is 15.8 Å². The van der Waals surface area contributed by atoms with Gasteiger partial charge in [-0.3, -0.25) is 0 Å². The van der Waals surface area contributed by atoms with Crippen LogP contribution in [0.3, 0.4) is 0 Å². The van der Waals surface area contributed by atoms with Gasteiger partial charge in [-0.25, -0.2) is 4.98 Å². The van der Waals surface area contributed by atoms with E-state index in [2.05, 4.69) is 22.2 Å². The summed E-state index contributed by atoms with van der Waals surface area (Å²) in [6.45, 7) is 2.10. The lowest BCUT2D eigenvalue weighted by Crippen LogP contribution is -2.24. The summed E-state index contributed by atoms with van der Waals surface area (Å²) >= 11 is 0. The van der Waals surface area contributed by atoms with Gasteiger partial charge in [0.1, 0.15) is 11.6 Å². The lowest BCUT2D eigenvalue weighted by atomic mass is 10.1. The molecule has 7 heteroatoms. The molecule has 0 unspecified atom stereocenters. The van der Waals surface area contributed by atoms with Crippen LogP contribution in [0.4, 0.5) is 11.8 Å². The highest BCUT2D eigenvalue weighted by molar-refractivity contribution is 7.59. The molecule has 0 saturated carbocycles. The minimum absolute atomic E-state index is 0. The van der Waals surface area contributed by atoms with Crippen molar-refractivity contribution in [2.75, 3.05) is 24.8 Å². The molecule has 2 aromatic rings. The van der Waals surface area contributed by atoms with Crippen LogP contribution in [0, 0.1) is 0 Å². The van der Waals surface area contributed by atoms with Gasteiger partial charge in [0, 0.05) is 0 Å². The average molecular weight is 310 g/mol. The number of fused-ring (bicyclic) bond motifs is 1. The molecule has 21 heavy (non-hydrogen) atoms. The molecule has 116 valence electrons. The zero-order chi connectivity index (χ0) is 14.5. The Labute approximate surface area is 131 Å². The summed E-state index contributed by atoms with van der Waals surface area (Å²) in [5, 5.41) is 13.4. The smallest absolute Gasteiger partial charge is 0.222 e. The van der Waals surface area contributed by atoms with Crippen molar-refractivity contribution < 1.29 is 9.84 Å². The number of nitrogens with one attached hydrogen (secondary N) is 1. The number of aliphatic hydroxyl groups is 1. The van der Waals surface area contributed by atoms with Crippen molar-refractivity contribution in [1.29, 1.82) is 0 Å². The van der Waals surface area contributed by atoms with Gasteiger partial charge in [-0.05, 0) is 18.6 Å². The second-order valence-corrected chi connectivity index (χ2v) is 4.60. The van der Waals surface area contributed by atoms with Crippen LogP contribution in [0.1, 0.15) is 19.8 Å². The summed E-state index contributed by atoms with van der Waals surface area (Å²) in [5.41, 5.74) is 6.46. The topological polar surface area (TPSA) is 93.3 Å². The predicted octanol–water partition coefficient (Wildman–Crippen LogP) is 1.91. The molecule has 0 aliphatic rings. The van der Waals surface area contributed by atoms with Crippen LogP contribution in [-0.4, -0.2) is 34.8 Å². The van der Waals surface area contributed by atoms with Gasteiger partial charge in [-0.1, -0.05) is 19.4 Å². The Hall–Kier alpha value is -1.73. The van der Waals surface area contributed by atoms with Crippen molar-refractivity contribution in [1.82, 2.24) is 9.97 Å². The Kier molecular flexibility index (Phi) is 6.51. The molecule has 1 aromatic carbocycles. The molecule has 0 bridgehead atoms. The fourth-order valence-electron chi connectivity index (χ4n) is 2.20. The van der Waals surface area contributed by atoms with Crippen molar-refractivity contribution >= 4 is 36.2 Å². The van der Waals surface area contributed by atoms with Gasteiger partial charge in [0.15, 0.2) is 0 Å². The van der Waals surface area contributed by atoms with Crippen molar-refractivity contribution in [2.45, 2.75) is 25.8 Å². The van der Waals surface area contributed by atoms with Crippen LogP contribution in [0.5, 0.6) is 5.75 Å². The fraction of sp³-hybridized carbons (Fsp3) is 0.429. The molecular formula is C14H22N4O2S. The van der Waals surface area contributed by atoms with Crippen LogP contribution >= 0.6 is 13.5 Å². The Bertz CT molecular complexity index is 594. The third-order valence-electron chi connectivity index (χ3n) is 3.12. The van der Waals surface area contributed by atoms with Crippen LogP contribution in [0.25, 0.3) is 10.9 Å². The van der Waals surface area contributed by atoms with E-state index in [0.29, 0.717) is 17.1 Å². The minimum Gasteiger partial charge on any atom is -0.496 e. The van der Waals surface area contributed by atoms with Crippen LogP contribution in [0.15, 0.2) is 18.2 Å². The first-order valence-electron chi connectivity index (χ1n) is 6.67. The summed E-state index contributed by atoms with van der Waals surface area (Å²) in [6, 6.07) is 5.49. The third-order valence-corrected chi connectivity index (χ3v) is 3.12. The fourth-order valence-corrected chi connectivity index (χ4v) is 2.20. The number of hydrogen-bond donors (Lipinski definition) is 3. The van der Waals surface area contributed by atoms with E-state index >= 15 is 0 Å². The summed E-state index contributed by atoms with van der Waals surface area (Å²) in [4.78, 5) is 8.45. The summed E-state index contributed by atoms with van der Waals surface area (Å²) in [5.74, 6) is 1.47. The van der Waals surface area contributed by atoms with Gasteiger partial charge in [-0.2, -0.15) is 18.5 Å². The molecule has 0 fully saturated rings. The largest absolute Gasteiger partial charge is 0.496 e. The first kappa shape index (κ1) is 17.3. The molecule has 0 saturated heterocycles. The zero-order valence-electron chi connectivity index (χ0n) is 12.3. The number of hydrogen-bond acceptors (Lipinski definition) is 6. The number of aromatic nitrogens is 2. The number of nitrogens with zero attached hydrogens (tertiary/aromatic N) is 2. The zero-order valence-corrected chi connectivity index (χ0v) is 13.3. The summed E-state index contributed by atoms with van der Waals surface area (Å²) in [7, 11) is 1.60. The molecule has 1 atom stereocenters. The van der Waals surface area contributed by atoms with E-state index in [9.17, 15) is 5.11 Å². The molecule has 0 spiro atoms.